The molecule has 3 rings (SSSR count). The molecule has 3 aromatic rings. The SMILES string of the molecule is COc1c(F)cc(C(=O)Nc2scc(-c3cccc(Br)c3)c2C(=O)O)c(F)c1F. The second kappa shape index (κ2) is 8.26. The molecule has 0 aliphatic carbocycles. The van der Waals surface area contributed by atoms with Gasteiger partial charge in [0.2, 0.25) is 5.82 Å². The zero-order valence-corrected chi connectivity index (χ0v) is 17.0. The number of carbonyl (C=O) groups is 2. The van der Waals surface area contributed by atoms with E-state index in [4.69, 9.17) is 0 Å². The molecule has 0 fully saturated rings. The first kappa shape index (κ1) is 20.9. The maximum Gasteiger partial charge on any atom is 0.339 e. The number of anilines is 1. The summed E-state index contributed by atoms with van der Waals surface area (Å²) in [4.78, 5) is 24.2. The Morgan fingerprint density at radius 3 is 2.52 bits per heavy atom. The van der Waals surface area contributed by atoms with Gasteiger partial charge in [0.05, 0.1) is 12.7 Å². The highest BCUT2D eigenvalue weighted by molar-refractivity contribution is 9.10. The highest BCUT2D eigenvalue weighted by Gasteiger charge is 2.26. The van der Waals surface area contributed by atoms with Crippen molar-refractivity contribution in [3.8, 4) is 16.9 Å². The molecule has 29 heavy (non-hydrogen) atoms. The monoisotopic (exact) mass is 485 g/mol. The number of hydrogen-bond donors (Lipinski definition) is 2. The second-order valence-electron chi connectivity index (χ2n) is 5.69. The molecule has 2 N–H and O–H groups in total. The van der Waals surface area contributed by atoms with E-state index in [1.54, 1.807) is 24.3 Å². The van der Waals surface area contributed by atoms with Crippen LogP contribution >= 0.6 is 27.3 Å². The minimum absolute atomic E-state index is 0.103. The Hall–Kier alpha value is -2.85. The van der Waals surface area contributed by atoms with Gasteiger partial charge in [0.15, 0.2) is 17.4 Å². The summed E-state index contributed by atoms with van der Waals surface area (Å²) in [5.41, 5.74) is -0.251. The molecular formula is C19H11BrF3NO4S. The number of hydrogen-bond acceptors (Lipinski definition) is 4. The van der Waals surface area contributed by atoms with Crippen LogP contribution in [0.3, 0.4) is 0 Å². The average Bonchev–Trinajstić information content (AvgIpc) is 3.09. The zero-order chi connectivity index (χ0) is 21.3. The molecule has 0 aliphatic rings. The van der Waals surface area contributed by atoms with Crippen molar-refractivity contribution in [1.29, 1.82) is 0 Å². The molecule has 0 unspecified atom stereocenters. The van der Waals surface area contributed by atoms with E-state index in [-0.39, 0.29) is 10.6 Å². The highest BCUT2D eigenvalue weighted by Crippen LogP contribution is 2.37. The standard InChI is InChI=1S/C19H11BrF3NO4S/c1-28-16-12(21)6-10(14(22)15(16)23)17(25)24-18-13(19(26)27)11(7-29-18)8-3-2-4-9(20)5-8/h2-7H,1H3,(H,24,25)(H,26,27). The maximum atomic E-state index is 14.2. The molecule has 0 saturated heterocycles. The Kier molecular flexibility index (Phi) is 5.94. The Bertz CT molecular complexity index is 1130. The van der Waals surface area contributed by atoms with Crippen LogP contribution in [-0.2, 0) is 0 Å². The van der Waals surface area contributed by atoms with Crippen LogP contribution in [0.15, 0.2) is 40.2 Å². The fraction of sp³-hybridized carbons (Fsp3) is 0.0526. The molecule has 0 bridgehead atoms. The first-order chi connectivity index (χ1) is 13.7. The van der Waals surface area contributed by atoms with E-state index in [1.807, 2.05) is 0 Å². The van der Waals surface area contributed by atoms with Crippen molar-refractivity contribution < 1.29 is 32.6 Å². The first-order valence-corrected chi connectivity index (χ1v) is 9.55. The summed E-state index contributed by atoms with van der Waals surface area (Å²) in [5.74, 6) is -8.02. The van der Waals surface area contributed by atoms with Gasteiger partial charge in [0.1, 0.15) is 10.6 Å². The van der Waals surface area contributed by atoms with Crippen molar-refractivity contribution in [1.82, 2.24) is 0 Å². The van der Waals surface area contributed by atoms with Crippen LogP contribution in [0.2, 0.25) is 0 Å². The number of nitrogens with one attached hydrogen (secondary N) is 1. The third-order valence-electron chi connectivity index (χ3n) is 3.93. The van der Waals surface area contributed by atoms with Gasteiger partial charge < -0.3 is 15.2 Å². The lowest BCUT2D eigenvalue weighted by molar-refractivity contribution is 0.0699. The molecule has 0 saturated carbocycles. The summed E-state index contributed by atoms with van der Waals surface area (Å²) in [5, 5.41) is 13.2. The van der Waals surface area contributed by atoms with Gasteiger partial charge >= 0.3 is 5.97 Å². The number of aromatic carboxylic acids is 1. The minimum atomic E-state index is -1.66. The molecule has 2 aromatic carbocycles. The topological polar surface area (TPSA) is 75.6 Å². The Morgan fingerprint density at radius 1 is 1.17 bits per heavy atom. The maximum absolute atomic E-state index is 14.2. The average molecular weight is 486 g/mol. The number of carboxylic acid groups (broad SMARTS) is 1. The molecule has 10 heteroatoms. The molecular weight excluding hydrogens is 475 g/mol. The van der Waals surface area contributed by atoms with Crippen LogP contribution in [0.4, 0.5) is 18.2 Å². The van der Waals surface area contributed by atoms with Crippen LogP contribution in [0, 0.1) is 17.5 Å². The van der Waals surface area contributed by atoms with Crippen LogP contribution < -0.4 is 10.1 Å². The molecule has 5 nitrogen and oxygen atoms in total. The fourth-order valence-electron chi connectivity index (χ4n) is 2.63. The Balaban J connectivity index is 2.01. The van der Waals surface area contributed by atoms with Crippen molar-refractivity contribution >= 4 is 44.1 Å². The fourth-order valence-corrected chi connectivity index (χ4v) is 3.99. The predicted octanol–water partition coefficient (Wildman–Crippen LogP) is 5.55. The van der Waals surface area contributed by atoms with E-state index in [0.29, 0.717) is 17.2 Å². The number of carboxylic acids is 1. The van der Waals surface area contributed by atoms with Crippen molar-refractivity contribution in [2.45, 2.75) is 0 Å². The van der Waals surface area contributed by atoms with Crippen molar-refractivity contribution in [2.75, 3.05) is 12.4 Å². The minimum Gasteiger partial charge on any atom is -0.491 e. The third kappa shape index (κ3) is 3.99. The summed E-state index contributed by atoms with van der Waals surface area (Å²) >= 11 is 4.18. The number of amides is 1. The van der Waals surface area contributed by atoms with E-state index in [9.17, 15) is 27.9 Å². The highest BCUT2D eigenvalue weighted by atomic mass is 79.9. The van der Waals surface area contributed by atoms with Gasteiger partial charge in [0.25, 0.3) is 5.91 Å². The lowest BCUT2D eigenvalue weighted by atomic mass is 10.0. The molecule has 0 radical (unpaired) electrons. The number of thiophene rings is 1. The van der Waals surface area contributed by atoms with Crippen molar-refractivity contribution in [3.63, 3.8) is 0 Å². The molecule has 0 atom stereocenters. The Labute approximate surface area is 174 Å². The number of halogens is 4. The van der Waals surface area contributed by atoms with Crippen molar-refractivity contribution in [2.24, 2.45) is 0 Å². The van der Waals surface area contributed by atoms with Gasteiger partial charge in [-0.05, 0) is 23.8 Å². The van der Waals surface area contributed by atoms with Crippen LogP contribution in [0.25, 0.3) is 11.1 Å². The predicted molar refractivity (Wildman–Crippen MR) is 105 cm³/mol. The lowest BCUT2D eigenvalue weighted by Crippen LogP contribution is -2.17. The summed E-state index contributed by atoms with van der Waals surface area (Å²) in [6.07, 6.45) is 0. The smallest absolute Gasteiger partial charge is 0.339 e. The van der Waals surface area contributed by atoms with E-state index in [1.165, 1.54) is 5.38 Å². The van der Waals surface area contributed by atoms with Gasteiger partial charge in [-0.15, -0.1) is 11.3 Å². The summed E-state index contributed by atoms with van der Waals surface area (Å²) in [6, 6.07) is 7.32. The normalized spacial score (nSPS) is 10.7. The number of benzene rings is 2. The van der Waals surface area contributed by atoms with E-state index < -0.39 is 40.6 Å². The molecule has 150 valence electrons. The van der Waals surface area contributed by atoms with Gasteiger partial charge in [-0.2, -0.15) is 4.39 Å². The number of ether oxygens (including phenoxy) is 1. The molecule has 1 amide bonds. The second-order valence-corrected chi connectivity index (χ2v) is 7.49. The summed E-state index contributed by atoms with van der Waals surface area (Å²) in [6.45, 7) is 0. The van der Waals surface area contributed by atoms with Gasteiger partial charge in [-0.3, -0.25) is 4.79 Å². The molecule has 1 aromatic heterocycles. The zero-order valence-electron chi connectivity index (χ0n) is 14.6. The quantitative estimate of drug-likeness (QED) is 0.464. The molecule has 1 heterocycles. The largest absolute Gasteiger partial charge is 0.491 e. The van der Waals surface area contributed by atoms with E-state index in [2.05, 4.69) is 26.0 Å². The van der Waals surface area contributed by atoms with Gasteiger partial charge in [-0.1, -0.05) is 28.1 Å². The third-order valence-corrected chi connectivity index (χ3v) is 5.32. The molecule has 0 spiro atoms. The van der Waals surface area contributed by atoms with Crippen LogP contribution in [0.5, 0.6) is 5.75 Å². The summed E-state index contributed by atoms with van der Waals surface area (Å²) in [7, 11) is 0.953. The summed E-state index contributed by atoms with van der Waals surface area (Å²) < 4.78 is 47.0. The number of methoxy groups -OCH3 is 1. The number of carbonyl (C=O) groups excluding carboxylic acids is 1. The number of rotatable bonds is 5. The van der Waals surface area contributed by atoms with Gasteiger partial charge in [-0.25, -0.2) is 13.6 Å². The molecule has 0 aliphatic heterocycles. The lowest BCUT2D eigenvalue weighted by Gasteiger charge is -2.10. The first-order valence-electron chi connectivity index (χ1n) is 7.88. The van der Waals surface area contributed by atoms with E-state index in [0.717, 1.165) is 22.9 Å². The Morgan fingerprint density at radius 2 is 1.90 bits per heavy atom. The van der Waals surface area contributed by atoms with Crippen LogP contribution in [0.1, 0.15) is 20.7 Å². The van der Waals surface area contributed by atoms with Crippen molar-refractivity contribution in [3.05, 3.63) is 68.8 Å². The van der Waals surface area contributed by atoms with Crippen LogP contribution in [-0.4, -0.2) is 24.1 Å². The van der Waals surface area contributed by atoms with Gasteiger partial charge in [0, 0.05) is 15.4 Å². The van der Waals surface area contributed by atoms with E-state index >= 15 is 0 Å².